The number of imidazole rings is 1. The number of nitrogens with zero attached hydrogens (tertiary/aromatic N) is 1. The Morgan fingerprint density at radius 2 is 1.90 bits per heavy atom. The Bertz CT molecular complexity index is 1180. The second-order valence-corrected chi connectivity index (χ2v) is 8.64. The number of hydrogen-bond acceptors (Lipinski definition) is 4. The van der Waals surface area contributed by atoms with Gasteiger partial charge in [-0.05, 0) is 57.9 Å². The van der Waals surface area contributed by atoms with Gasteiger partial charge in [0.05, 0.1) is 29.2 Å². The van der Waals surface area contributed by atoms with E-state index < -0.39 is 0 Å². The average molecular weight is 521 g/mol. The van der Waals surface area contributed by atoms with E-state index in [0.717, 1.165) is 32.5 Å². The van der Waals surface area contributed by atoms with Crippen molar-refractivity contribution >= 4 is 50.2 Å². The third kappa shape index (κ3) is 5.33. The minimum Gasteiger partial charge on any atom is -0.493 e. The smallest absolute Gasteiger partial charge is 0.175 e. The Morgan fingerprint density at radius 1 is 1.06 bits per heavy atom. The number of fused-ring (bicyclic) bond motifs is 1. The second-order valence-electron chi connectivity index (χ2n) is 6.94. The topological polar surface area (TPSA) is 59.2 Å². The highest BCUT2D eigenvalue weighted by Gasteiger charge is 2.13. The SMILES string of the molecule is COc1cc(CNCc2nc3ccccc3[nH]2)cc(Br)c1OCc1ccc(Cl)cc1Cl. The van der Waals surface area contributed by atoms with Gasteiger partial charge in [0.2, 0.25) is 0 Å². The van der Waals surface area contributed by atoms with Crippen molar-refractivity contribution in [3.05, 3.63) is 86.1 Å². The van der Waals surface area contributed by atoms with Crippen LogP contribution in [-0.2, 0) is 19.7 Å². The maximum Gasteiger partial charge on any atom is 0.175 e. The minimum atomic E-state index is 0.300. The van der Waals surface area contributed by atoms with Crippen LogP contribution in [0, 0.1) is 0 Å². The lowest BCUT2D eigenvalue weighted by atomic mass is 10.2. The van der Waals surface area contributed by atoms with Gasteiger partial charge in [-0.1, -0.05) is 41.4 Å². The lowest BCUT2D eigenvalue weighted by Gasteiger charge is -2.15. The molecule has 0 radical (unpaired) electrons. The Hall–Kier alpha value is -2.25. The number of rotatable bonds is 8. The van der Waals surface area contributed by atoms with Crippen LogP contribution in [0.5, 0.6) is 11.5 Å². The zero-order chi connectivity index (χ0) is 21.8. The summed E-state index contributed by atoms with van der Waals surface area (Å²) in [5.41, 5.74) is 3.89. The predicted octanol–water partition coefficient (Wildman–Crippen LogP) is 6.51. The van der Waals surface area contributed by atoms with Crippen LogP contribution in [0.15, 0.2) is 59.1 Å². The van der Waals surface area contributed by atoms with Crippen molar-refractivity contribution in [2.24, 2.45) is 0 Å². The predicted molar refractivity (Wildman–Crippen MR) is 128 cm³/mol. The van der Waals surface area contributed by atoms with Gasteiger partial charge in [-0.3, -0.25) is 0 Å². The summed E-state index contributed by atoms with van der Waals surface area (Å²) in [7, 11) is 1.62. The molecule has 160 valence electrons. The molecule has 31 heavy (non-hydrogen) atoms. The fraction of sp³-hybridized carbons (Fsp3) is 0.174. The summed E-state index contributed by atoms with van der Waals surface area (Å²) in [6, 6.07) is 17.3. The quantitative estimate of drug-likeness (QED) is 0.278. The molecule has 0 saturated heterocycles. The number of halogens is 3. The van der Waals surface area contributed by atoms with Gasteiger partial charge in [-0.15, -0.1) is 0 Å². The van der Waals surface area contributed by atoms with Crippen LogP contribution in [0.25, 0.3) is 11.0 Å². The molecule has 0 atom stereocenters. The highest BCUT2D eigenvalue weighted by Crippen LogP contribution is 2.37. The first-order valence-corrected chi connectivity index (χ1v) is 11.2. The lowest BCUT2D eigenvalue weighted by Crippen LogP contribution is -2.14. The van der Waals surface area contributed by atoms with Gasteiger partial charge in [0, 0.05) is 22.2 Å². The number of aromatic nitrogens is 2. The van der Waals surface area contributed by atoms with E-state index in [9.17, 15) is 0 Å². The Kier molecular flexibility index (Phi) is 7.02. The van der Waals surface area contributed by atoms with Crippen LogP contribution in [0.4, 0.5) is 0 Å². The van der Waals surface area contributed by atoms with Crippen molar-refractivity contribution in [2.75, 3.05) is 7.11 Å². The molecule has 0 aliphatic rings. The normalized spacial score (nSPS) is 11.1. The molecule has 4 aromatic rings. The molecule has 0 aliphatic carbocycles. The summed E-state index contributed by atoms with van der Waals surface area (Å²) < 4.78 is 12.4. The molecule has 0 fully saturated rings. The van der Waals surface area contributed by atoms with E-state index in [4.69, 9.17) is 32.7 Å². The maximum atomic E-state index is 6.24. The summed E-state index contributed by atoms with van der Waals surface area (Å²) in [6.07, 6.45) is 0. The molecule has 0 amide bonds. The number of aromatic amines is 1. The van der Waals surface area contributed by atoms with E-state index in [1.54, 1.807) is 19.2 Å². The number of H-pyrrole nitrogens is 1. The van der Waals surface area contributed by atoms with E-state index in [1.807, 2.05) is 42.5 Å². The van der Waals surface area contributed by atoms with E-state index in [0.29, 0.717) is 41.2 Å². The van der Waals surface area contributed by atoms with Crippen LogP contribution in [0.3, 0.4) is 0 Å². The third-order valence-corrected chi connectivity index (χ3v) is 5.91. The molecular weight excluding hydrogens is 501 g/mol. The first-order chi connectivity index (χ1) is 15.0. The molecule has 8 heteroatoms. The van der Waals surface area contributed by atoms with Crippen LogP contribution in [-0.4, -0.2) is 17.1 Å². The number of nitrogens with one attached hydrogen (secondary N) is 2. The van der Waals surface area contributed by atoms with E-state index in [1.165, 1.54) is 0 Å². The highest BCUT2D eigenvalue weighted by atomic mass is 79.9. The van der Waals surface area contributed by atoms with Gasteiger partial charge in [-0.25, -0.2) is 4.98 Å². The summed E-state index contributed by atoms with van der Waals surface area (Å²) >= 11 is 15.8. The number of methoxy groups -OCH3 is 1. The lowest BCUT2D eigenvalue weighted by molar-refractivity contribution is 0.282. The molecule has 5 nitrogen and oxygen atoms in total. The number of benzene rings is 3. The van der Waals surface area contributed by atoms with Gasteiger partial charge >= 0.3 is 0 Å². The van der Waals surface area contributed by atoms with Crippen LogP contribution in [0.1, 0.15) is 17.0 Å². The largest absolute Gasteiger partial charge is 0.493 e. The molecule has 4 rings (SSSR count). The molecule has 1 heterocycles. The molecule has 0 unspecified atom stereocenters. The number of para-hydroxylation sites is 2. The van der Waals surface area contributed by atoms with Crippen molar-refractivity contribution in [3.8, 4) is 11.5 Å². The molecule has 0 spiro atoms. The fourth-order valence-corrected chi connectivity index (χ4v) is 4.29. The first kappa shape index (κ1) is 22.0. The summed E-state index contributed by atoms with van der Waals surface area (Å²) in [5, 5.41) is 4.56. The molecule has 0 saturated carbocycles. The average Bonchev–Trinajstić information content (AvgIpc) is 3.16. The summed E-state index contributed by atoms with van der Waals surface area (Å²) in [5.74, 6) is 2.15. The van der Waals surface area contributed by atoms with Gasteiger partial charge in [0.1, 0.15) is 12.4 Å². The van der Waals surface area contributed by atoms with Gasteiger partial charge in [-0.2, -0.15) is 0 Å². The van der Waals surface area contributed by atoms with Gasteiger partial charge in [0.15, 0.2) is 11.5 Å². The maximum absolute atomic E-state index is 6.24. The Balaban J connectivity index is 1.41. The molecular formula is C23H20BrCl2N3O2. The number of hydrogen-bond donors (Lipinski definition) is 2. The summed E-state index contributed by atoms with van der Waals surface area (Å²) in [4.78, 5) is 7.90. The van der Waals surface area contributed by atoms with Crippen molar-refractivity contribution in [3.63, 3.8) is 0 Å². The first-order valence-electron chi connectivity index (χ1n) is 9.61. The Labute approximate surface area is 198 Å². The molecule has 1 aromatic heterocycles. The van der Waals surface area contributed by atoms with E-state index in [2.05, 4.69) is 31.2 Å². The molecule has 3 aromatic carbocycles. The van der Waals surface area contributed by atoms with Gasteiger partial charge in [0.25, 0.3) is 0 Å². The fourth-order valence-electron chi connectivity index (χ4n) is 3.22. The van der Waals surface area contributed by atoms with Crippen LogP contribution >= 0.6 is 39.1 Å². The standard InChI is InChI=1S/C23H20BrCl2N3O2/c1-30-21-9-14(11-27-12-22-28-19-4-2-3-5-20(19)29-22)8-17(24)23(21)31-13-15-6-7-16(25)10-18(15)26/h2-10,27H,11-13H2,1H3,(H,28,29). The van der Waals surface area contributed by atoms with Crippen LogP contribution < -0.4 is 14.8 Å². The van der Waals surface area contributed by atoms with Crippen molar-refractivity contribution < 1.29 is 9.47 Å². The number of ether oxygens (including phenoxy) is 2. The zero-order valence-electron chi connectivity index (χ0n) is 16.7. The second kappa shape index (κ2) is 9.92. The summed E-state index contributed by atoms with van der Waals surface area (Å²) in [6.45, 7) is 1.58. The molecule has 0 aliphatic heterocycles. The molecule has 2 N–H and O–H groups in total. The third-order valence-electron chi connectivity index (χ3n) is 4.74. The minimum absolute atomic E-state index is 0.300. The van der Waals surface area contributed by atoms with Gasteiger partial charge < -0.3 is 19.8 Å². The van der Waals surface area contributed by atoms with Crippen molar-refractivity contribution in [1.29, 1.82) is 0 Å². The monoisotopic (exact) mass is 519 g/mol. The molecule has 0 bridgehead atoms. The van der Waals surface area contributed by atoms with Crippen molar-refractivity contribution in [2.45, 2.75) is 19.7 Å². The Morgan fingerprint density at radius 3 is 2.68 bits per heavy atom. The van der Waals surface area contributed by atoms with Crippen molar-refractivity contribution in [1.82, 2.24) is 15.3 Å². The highest BCUT2D eigenvalue weighted by molar-refractivity contribution is 9.10. The zero-order valence-corrected chi connectivity index (χ0v) is 19.8. The van der Waals surface area contributed by atoms with E-state index in [-0.39, 0.29) is 0 Å². The van der Waals surface area contributed by atoms with Crippen LogP contribution in [0.2, 0.25) is 10.0 Å². The van der Waals surface area contributed by atoms with E-state index >= 15 is 0 Å².